The summed E-state index contributed by atoms with van der Waals surface area (Å²) in [7, 11) is 0. The monoisotopic (exact) mass is 247 g/mol. The Labute approximate surface area is 106 Å². The van der Waals surface area contributed by atoms with Gasteiger partial charge in [-0.25, -0.2) is 0 Å². The third-order valence-corrected chi connectivity index (χ3v) is 3.44. The number of carbonyl (C=O) groups excluding carboxylic acids is 1. The molecule has 4 nitrogen and oxygen atoms in total. The molecule has 0 heterocycles. The molecule has 0 bridgehead atoms. The first-order valence-corrected chi connectivity index (χ1v) is 6.09. The summed E-state index contributed by atoms with van der Waals surface area (Å²) >= 11 is 0. The lowest BCUT2D eigenvalue weighted by atomic mass is 10.0. The minimum atomic E-state index is -1.00. The molecule has 3 atom stereocenters. The zero-order valence-corrected chi connectivity index (χ0v) is 10.5. The van der Waals surface area contributed by atoms with Crippen LogP contribution in [0.2, 0.25) is 0 Å². The maximum atomic E-state index is 11.8. The lowest BCUT2D eigenvalue weighted by Crippen LogP contribution is -2.39. The molecule has 0 aromatic heterocycles. The number of carboxylic acid groups (broad SMARTS) is 1. The van der Waals surface area contributed by atoms with Gasteiger partial charge in [-0.05, 0) is 37.3 Å². The zero-order valence-electron chi connectivity index (χ0n) is 10.5. The van der Waals surface area contributed by atoms with Crippen LogP contribution >= 0.6 is 0 Å². The van der Waals surface area contributed by atoms with Crippen molar-refractivity contribution in [1.29, 1.82) is 0 Å². The van der Waals surface area contributed by atoms with Crippen LogP contribution in [0.5, 0.6) is 0 Å². The number of aliphatic carboxylic acids is 1. The lowest BCUT2D eigenvalue weighted by molar-refractivity contribution is -0.141. The Bertz CT molecular complexity index is 484. The van der Waals surface area contributed by atoms with Gasteiger partial charge in [-0.3, -0.25) is 9.59 Å². The minimum absolute atomic E-state index is 0.0760. The summed E-state index contributed by atoms with van der Waals surface area (Å²) in [5.41, 5.74) is 2.38. The highest BCUT2D eigenvalue weighted by molar-refractivity contribution is 5.87. The molecular weight excluding hydrogens is 230 g/mol. The third-order valence-electron chi connectivity index (χ3n) is 3.44. The number of amides is 1. The summed E-state index contributed by atoms with van der Waals surface area (Å²) in [6.45, 7) is 3.51. The van der Waals surface area contributed by atoms with Crippen molar-refractivity contribution in [1.82, 2.24) is 5.32 Å². The summed E-state index contributed by atoms with van der Waals surface area (Å²) in [6.07, 6.45) is 0.809. The lowest BCUT2D eigenvalue weighted by Gasteiger charge is -2.09. The molecule has 2 unspecified atom stereocenters. The van der Waals surface area contributed by atoms with Gasteiger partial charge in [-0.1, -0.05) is 24.3 Å². The van der Waals surface area contributed by atoms with Gasteiger partial charge in [-0.2, -0.15) is 0 Å². The molecule has 0 radical (unpaired) electrons. The summed E-state index contributed by atoms with van der Waals surface area (Å²) in [4.78, 5) is 22.5. The predicted octanol–water partition coefficient (Wildman–Crippen LogP) is 1.69. The number of hydrogen-bond acceptors (Lipinski definition) is 2. The van der Waals surface area contributed by atoms with Gasteiger partial charge in [0.25, 0.3) is 0 Å². The van der Waals surface area contributed by atoms with E-state index < -0.39 is 12.0 Å². The van der Waals surface area contributed by atoms with Crippen molar-refractivity contribution >= 4 is 11.9 Å². The first-order chi connectivity index (χ1) is 8.50. The molecule has 1 fully saturated rings. The average molecular weight is 247 g/mol. The van der Waals surface area contributed by atoms with Crippen molar-refractivity contribution in [3.63, 3.8) is 0 Å². The molecule has 4 heteroatoms. The Morgan fingerprint density at radius 2 is 2.06 bits per heavy atom. The van der Waals surface area contributed by atoms with Gasteiger partial charge in [-0.15, -0.1) is 0 Å². The van der Waals surface area contributed by atoms with E-state index in [9.17, 15) is 9.59 Å². The highest BCUT2D eigenvalue weighted by Crippen LogP contribution is 2.48. The average Bonchev–Trinajstić information content (AvgIpc) is 3.09. The highest BCUT2D eigenvalue weighted by atomic mass is 16.4. The number of carbonyl (C=O) groups is 2. The SMILES string of the molecule is Cc1ccccc1C1CC1C(=O)N[C@H](C)C(=O)O. The fourth-order valence-corrected chi connectivity index (χ4v) is 2.21. The van der Waals surface area contributed by atoms with Crippen LogP contribution in [0.3, 0.4) is 0 Å². The van der Waals surface area contributed by atoms with Gasteiger partial charge in [0, 0.05) is 5.92 Å². The Balaban J connectivity index is 1.97. The quantitative estimate of drug-likeness (QED) is 0.850. The van der Waals surface area contributed by atoms with E-state index in [0.29, 0.717) is 0 Å². The van der Waals surface area contributed by atoms with Crippen LogP contribution in [-0.4, -0.2) is 23.0 Å². The Morgan fingerprint density at radius 3 is 2.67 bits per heavy atom. The van der Waals surface area contributed by atoms with Crippen LogP contribution in [0.4, 0.5) is 0 Å². The Kier molecular flexibility index (Phi) is 3.36. The minimum Gasteiger partial charge on any atom is -0.480 e. The number of carboxylic acids is 1. The second-order valence-electron chi connectivity index (χ2n) is 4.87. The smallest absolute Gasteiger partial charge is 0.325 e. The van der Waals surface area contributed by atoms with Crippen LogP contribution in [0, 0.1) is 12.8 Å². The normalized spacial score (nSPS) is 23.2. The zero-order chi connectivity index (χ0) is 13.3. The number of hydrogen-bond donors (Lipinski definition) is 2. The number of aryl methyl sites for hydroxylation is 1. The first kappa shape index (κ1) is 12.6. The molecular formula is C14H17NO3. The standard InChI is InChI=1S/C14H17NO3/c1-8-5-3-4-6-10(8)11-7-12(11)13(16)15-9(2)14(17)18/h3-6,9,11-12H,7H2,1-2H3,(H,15,16)(H,17,18)/t9-,11?,12?/m1/s1. The van der Waals surface area contributed by atoms with Crippen molar-refractivity contribution in [2.24, 2.45) is 5.92 Å². The molecule has 2 rings (SSSR count). The number of benzene rings is 1. The maximum absolute atomic E-state index is 11.8. The molecule has 0 saturated heterocycles. The van der Waals surface area contributed by atoms with Crippen LogP contribution in [0.1, 0.15) is 30.4 Å². The van der Waals surface area contributed by atoms with E-state index in [4.69, 9.17) is 5.11 Å². The van der Waals surface area contributed by atoms with Crippen molar-refractivity contribution in [3.05, 3.63) is 35.4 Å². The van der Waals surface area contributed by atoms with Gasteiger partial charge >= 0.3 is 5.97 Å². The van der Waals surface area contributed by atoms with E-state index >= 15 is 0 Å². The number of rotatable bonds is 4. The topological polar surface area (TPSA) is 66.4 Å². The van der Waals surface area contributed by atoms with Crippen molar-refractivity contribution in [2.45, 2.75) is 32.2 Å². The molecule has 1 saturated carbocycles. The molecule has 0 spiro atoms. The molecule has 18 heavy (non-hydrogen) atoms. The van der Waals surface area contributed by atoms with E-state index in [1.54, 1.807) is 0 Å². The van der Waals surface area contributed by atoms with Crippen molar-refractivity contribution in [3.8, 4) is 0 Å². The van der Waals surface area contributed by atoms with Gasteiger partial charge in [0.1, 0.15) is 6.04 Å². The third kappa shape index (κ3) is 2.53. The Morgan fingerprint density at radius 1 is 1.39 bits per heavy atom. The molecule has 96 valence electrons. The molecule has 1 aliphatic rings. The summed E-state index contributed by atoms with van der Waals surface area (Å²) in [5.74, 6) is -0.991. The van der Waals surface area contributed by atoms with Gasteiger partial charge < -0.3 is 10.4 Å². The first-order valence-electron chi connectivity index (χ1n) is 6.09. The predicted molar refractivity (Wildman–Crippen MR) is 67.3 cm³/mol. The van der Waals surface area contributed by atoms with Crippen LogP contribution in [0.15, 0.2) is 24.3 Å². The molecule has 1 aliphatic carbocycles. The molecule has 1 aromatic carbocycles. The van der Waals surface area contributed by atoms with Crippen molar-refractivity contribution in [2.75, 3.05) is 0 Å². The molecule has 1 aromatic rings. The van der Waals surface area contributed by atoms with E-state index in [-0.39, 0.29) is 17.7 Å². The fourth-order valence-electron chi connectivity index (χ4n) is 2.21. The Hall–Kier alpha value is -1.84. The van der Waals surface area contributed by atoms with E-state index in [2.05, 4.69) is 5.32 Å². The van der Waals surface area contributed by atoms with E-state index in [1.807, 2.05) is 31.2 Å². The summed E-state index contributed by atoms with van der Waals surface area (Å²) < 4.78 is 0. The summed E-state index contributed by atoms with van der Waals surface area (Å²) in [6, 6.07) is 7.19. The van der Waals surface area contributed by atoms with Crippen LogP contribution in [-0.2, 0) is 9.59 Å². The van der Waals surface area contributed by atoms with E-state index in [0.717, 1.165) is 6.42 Å². The largest absolute Gasteiger partial charge is 0.480 e. The molecule has 0 aliphatic heterocycles. The van der Waals surface area contributed by atoms with Crippen molar-refractivity contribution < 1.29 is 14.7 Å². The van der Waals surface area contributed by atoms with E-state index in [1.165, 1.54) is 18.1 Å². The highest BCUT2D eigenvalue weighted by Gasteiger charge is 2.44. The van der Waals surface area contributed by atoms with Gasteiger partial charge in [0.05, 0.1) is 0 Å². The summed E-state index contributed by atoms with van der Waals surface area (Å²) in [5, 5.41) is 11.3. The molecule has 2 N–H and O–H groups in total. The van der Waals surface area contributed by atoms with Gasteiger partial charge in [0.15, 0.2) is 0 Å². The van der Waals surface area contributed by atoms with Gasteiger partial charge in [0.2, 0.25) is 5.91 Å². The second kappa shape index (κ2) is 4.80. The fraction of sp³-hybridized carbons (Fsp3) is 0.429. The number of nitrogens with one attached hydrogen (secondary N) is 1. The second-order valence-corrected chi connectivity index (χ2v) is 4.87. The molecule has 1 amide bonds. The maximum Gasteiger partial charge on any atom is 0.325 e. The van der Waals surface area contributed by atoms with Crippen LogP contribution in [0.25, 0.3) is 0 Å². The van der Waals surface area contributed by atoms with Crippen LogP contribution < -0.4 is 5.32 Å².